The van der Waals surface area contributed by atoms with Gasteiger partial charge in [0.25, 0.3) is 0 Å². The van der Waals surface area contributed by atoms with Crippen molar-refractivity contribution in [2.45, 2.75) is 44.7 Å². The minimum Gasteiger partial charge on any atom is -0.456 e. The fourth-order valence-electron chi connectivity index (χ4n) is 5.73. The van der Waals surface area contributed by atoms with Crippen LogP contribution in [0.25, 0.3) is 5.57 Å². The van der Waals surface area contributed by atoms with Crippen molar-refractivity contribution in [2.24, 2.45) is 0 Å². The molecule has 0 aliphatic carbocycles. The van der Waals surface area contributed by atoms with Crippen LogP contribution in [0.5, 0.6) is 17.2 Å². The molecule has 0 saturated carbocycles. The number of alkyl halides is 1. The second kappa shape index (κ2) is 8.26. The van der Waals surface area contributed by atoms with Crippen molar-refractivity contribution in [3.63, 3.8) is 0 Å². The number of esters is 2. The summed E-state index contributed by atoms with van der Waals surface area (Å²) >= 11 is 12.7. The van der Waals surface area contributed by atoms with Crippen molar-refractivity contribution >= 4 is 46.4 Å². The van der Waals surface area contributed by atoms with E-state index in [0.29, 0.717) is 33.8 Å². The summed E-state index contributed by atoms with van der Waals surface area (Å²) in [4.78, 5) is 27.3. The summed E-state index contributed by atoms with van der Waals surface area (Å²) in [6.07, 6.45) is 2.22. The predicted molar refractivity (Wildman–Crippen MR) is 147 cm³/mol. The van der Waals surface area contributed by atoms with Crippen LogP contribution in [0.3, 0.4) is 0 Å². The third kappa shape index (κ3) is 3.40. The summed E-state index contributed by atoms with van der Waals surface area (Å²) in [5.41, 5.74) is 4.73. The Morgan fingerprint density at radius 3 is 2.45 bits per heavy atom. The molecule has 0 amide bonds. The van der Waals surface area contributed by atoms with E-state index in [1.807, 2.05) is 31.3 Å². The molecule has 0 fully saturated rings. The highest BCUT2D eigenvalue weighted by atomic mass is 35.5. The number of nitrogens with zero attached hydrogens (tertiary/aromatic N) is 1. The maximum Gasteiger partial charge on any atom is 0.340 e. The Morgan fingerprint density at radius 1 is 1.03 bits per heavy atom. The molecule has 194 valence electrons. The van der Waals surface area contributed by atoms with Crippen molar-refractivity contribution in [1.29, 1.82) is 0 Å². The van der Waals surface area contributed by atoms with E-state index < -0.39 is 17.5 Å². The van der Waals surface area contributed by atoms with Gasteiger partial charge in [0.1, 0.15) is 11.5 Å². The van der Waals surface area contributed by atoms with Crippen LogP contribution in [0, 0.1) is 0 Å². The van der Waals surface area contributed by atoms with Gasteiger partial charge in [0.05, 0.1) is 16.1 Å². The van der Waals surface area contributed by atoms with Crippen LogP contribution in [-0.2, 0) is 21.0 Å². The Bertz CT molecular complexity index is 1610. The van der Waals surface area contributed by atoms with Crippen LogP contribution in [0.1, 0.15) is 65.9 Å². The van der Waals surface area contributed by atoms with Gasteiger partial charge in [0, 0.05) is 59.9 Å². The lowest BCUT2D eigenvalue weighted by Gasteiger charge is -2.43. The number of likely N-dealkylation sites (N-methyl/N-ethyl adjacent to an activating group) is 1. The number of benzene rings is 3. The highest BCUT2D eigenvalue weighted by Gasteiger charge is 2.54. The van der Waals surface area contributed by atoms with Gasteiger partial charge >= 0.3 is 11.9 Å². The van der Waals surface area contributed by atoms with Gasteiger partial charge in [-0.15, -0.1) is 11.6 Å². The number of ether oxygens (including phenoxy) is 3. The minimum absolute atomic E-state index is 0.161. The number of hydrogen-bond donors (Lipinski definition) is 0. The molecule has 38 heavy (non-hydrogen) atoms. The molecule has 8 heteroatoms. The van der Waals surface area contributed by atoms with E-state index in [0.717, 1.165) is 22.4 Å². The zero-order valence-corrected chi connectivity index (χ0v) is 23.1. The molecule has 0 radical (unpaired) electrons. The molecule has 0 bridgehead atoms. The highest BCUT2D eigenvalue weighted by molar-refractivity contribution is 6.32. The standard InChI is InChI=1S/C30H25Cl2NO5/c1-15-13-29(3,4)33(5)24-11-25-21(9-18(15)24)30(20-7-6-17(14-31)8-19(20)28(35)38-30)22-10-23(32)27(36-16(2)34)12-26(22)37-25/h6-13H,14H2,1-5H3. The summed E-state index contributed by atoms with van der Waals surface area (Å²) in [5.74, 6) is 0.366. The molecule has 1 unspecified atom stereocenters. The summed E-state index contributed by atoms with van der Waals surface area (Å²) in [5, 5.41) is 0.197. The Labute approximate surface area is 230 Å². The van der Waals surface area contributed by atoms with E-state index in [4.69, 9.17) is 37.4 Å². The quantitative estimate of drug-likeness (QED) is 0.191. The normalized spacial score (nSPS) is 20.0. The van der Waals surface area contributed by atoms with E-state index in [1.54, 1.807) is 18.2 Å². The number of carbonyl (C=O) groups excluding carboxylic acids is 2. The van der Waals surface area contributed by atoms with Crippen molar-refractivity contribution < 1.29 is 23.8 Å². The highest BCUT2D eigenvalue weighted by Crippen LogP contribution is 2.59. The second-order valence-corrected chi connectivity index (χ2v) is 11.1. The lowest BCUT2D eigenvalue weighted by Crippen LogP contribution is -2.42. The fraction of sp³-hybridized carbons (Fsp3) is 0.267. The molecule has 6 nitrogen and oxygen atoms in total. The third-order valence-electron chi connectivity index (χ3n) is 7.67. The van der Waals surface area contributed by atoms with Gasteiger partial charge in [-0.05, 0) is 50.1 Å². The van der Waals surface area contributed by atoms with Gasteiger partial charge < -0.3 is 19.1 Å². The van der Waals surface area contributed by atoms with Crippen LogP contribution in [0.4, 0.5) is 5.69 Å². The Balaban J connectivity index is 1.68. The van der Waals surface area contributed by atoms with Crippen LogP contribution in [-0.4, -0.2) is 24.5 Å². The molecule has 1 spiro atoms. The summed E-state index contributed by atoms with van der Waals surface area (Å²) < 4.78 is 18.1. The van der Waals surface area contributed by atoms with Crippen molar-refractivity contribution in [1.82, 2.24) is 0 Å². The zero-order valence-electron chi connectivity index (χ0n) is 21.6. The van der Waals surface area contributed by atoms with Crippen LogP contribution >= 0.6 is 23.2 Å². The van der Waals surface area contributed by atoms with E-state index in [9.17, 15) is 9.59 Å². The Hall–Kier alpha value is -3.48. The number of fused-ring (bicyclic) bond motifs is 7. The Morgan fingerprint density at radius 2 is 1.74 bits per heavy atom. The average molecular weight is 550 g/mol. The molecule has 3 aliphatic heterocycles. The van der Waals surface area contributed by atoms with Crippen LogP contribution < -0.4 is 14.4 Å². The summed E-state index contributed by atoms with van der Waals surface area (Å²) in [7, 11) is 2.04. The predicted octanol–water partition coefficient (Wildman–Crippen LogP) is 7.20. The number of rotatable bonds is 2. The third-order valence-corrected chi connectivity index (χ3v) is 8.27. The van der Waals surface area contributed by atoms with Gasteiger partial charge in [-0.1, -0.05) is 29.8 Å². The van der Waals surface area contributed by atoms with Gasteiger partial charge in [-0.2, -0.15) is 0 Å². The molecule has 3 aromatic carbocycles. The number of halogens is 2. The van der Waals surface area contributed by atoms with Crippen molar-refractivity contribution in [2.75, 3.05) is 11.9 Å². The van der Waals surface area contributed by atoms with E-state index in [-0.39, 0.29) is 22.2 Å². The van der Waals surface area contributed by atoms with Gasteiger partial charge in [-0.3, -0.25) is 4.79 Å². The first-order chi connectivity index (χ1) is 18.0. The van der Waals surface area contributed by atoms with Gasteiger partial charge in [-0.25, -0.2) is 4.79 Å². The molecular formula is C30H25Cl2NO5. The first-order valence-electron chi connectivity index (χ1n) is 12.2. The van der Waals surface area contributed by atoms with E-state index in [1.165, 1.54) is 6.92 Å². The largest absolute Gasteiger partial charge is 0.456 e. The molecule has 0 aromatic heterocycles. The lowest BCUT2D eigenvalue weighted by atomic mass is 9.75. The molecule has 6 rings (SSSR count). The number of hydrogen-bond acceptors (Lipinski definition) is 6. The smallest absolute Gasteiger partial charge is 0.340 e. The van der Waals surface area contributed by atoms with Crippen molar-refractivity contribution in [3.8, 4) is 17.2 Å². The molecule has 0 saturated heterocycles. The van der Waals surface area contributed by atoms with Gasteiger partial charge in [0.2, 0.25) is 0 Å². The molecule has 0 N–H and O–H groups in total. The maximum absolute atomic E-state index is 13.4. The molecule has 3 aromatic rings. The molecule has 1 atom stereocenters. The zero-order chi connectivity index (χ0) is 27.1. The topological polar surface area (TPSA) is 65.1 Å². The number of carbonyl (C=O) groups is 2. The molecular weight excluding hydrogens is 525 g/mol. The monoisotopic (exact) mass is 549 g/mol. The van der Waals surface area contributed by atoms with E-state index in [2.05, 4.69) is 31.7 Å². The first-order valence-corrected chi connectivity index (χ1v) is 13.1. The second-order valence-electron chi connectivity index (χ2n) is 10.5. The molecule has 3 aliphatic rings. The maximum atomic E-state index is 13.4. The van der Waals surface area contributed by atoms with E-state index >= 15 is 0 Å². The van der Waals surface area contributed by atoms with Crippen LogP contribution in [0.2, 0.25) is 5.02 Å². The van der Waals surface area contributed by atoms with Crippen molar-refractivity contribution in [3.05, 3.63) is 86.9 Å². The lowest BCUT2D eigenvalue weighted by molar-refractivity contribution is -0.131. The molecule has 3 heterocycles. The minimum atomic E-state index is -1.32. The number of allylic oxidation sites excluding steroid dienone is 1. The average Bonchev–Trinajstić information content (AvgIpc) is 3.15. The van der Waals surface area contributed by atoms with Crippen LogP contribution in [0.15, 0.2) is 48.5 Å². The Kier molecular flexibility index (Phi) is 5.40. The fourth-order valence-corrected chi connectivity index (χ4v) is 6.10. The van der Waals surface area contributed by atoms with Gasteiger partial charge in [0.15, 0.2) is 11.4 Å². The number of anilines is 1. The summed E-state index contributed by atoms with van der Waals surface area (Å²) in [6.45, 7) is 7.67. The first kappa shape index (κ1) is 24.8. The summed E-state index contributed by atoms with van der Waals surface area (Å²) in [6, 6.07) is 12.8. The SMILES string of the molecule is CC(=O)Oc1cc2c(cc1Cl)C1(OC(=O)c3cc(CCl)ccc31)c1cc3c(cc1O2)N(C)C(C)(C)C=C3C.